The molecule has 0 N–H and O–H groups in total. The van der Waals surface area contributed by atoms with Gasteiger partial charge in [-0.25, -0.2) is 24.9 Å². The Kier molecular flexibility index (Phi) is 18.3. The maximum Gasteiger partial charge on any atom is 0.160 e. The highest BCUT2D eigenvalue weighted by Gasteiger charge is 2.30. The summed E-state index contributed by atoms with van der Waals surface area (Å²) in [4.78, 5) is 31.1. The third-order valence-corrected chi connectivity index (χ3v) is 26.0. The van der Waals surface area contributed by atoms with Crippen LogP contribution in [0.1, 0.15) is 22.6 Å². The molecule has 131 heavy (non-hydrogen) atoms. The van der Waals surface area contributed by atoms with Gasteiger partial charge in [-0.2, -0.15) is 0 Å². The van der Waals surface area contributed by atoms with Gasteiger partial charge in [-0.05, 0) is 165 Å². The van der Waals surface area contributed by atoms with Crippen molar-refractivity contribution in [3.05, 3.63) is 460 Å². The Morgan fingerprint density at radius 1 is 0.229 bits per heavy atom. The average molecular weight is 1680 g/mol. The number of furan rings is 2. The summed E-state index contributed by atoms with van der Waals surface area (Å²) in [5.74, 6) is 2.30. The molecule has 614 valence electrons. The van der Waals surface area contributed by atoms with Crippen molar-refractivity contribution in [1.29, 1.82) is 0 Å². The first-order chi connectivity index (χ1) is 64.8. The van der Waals surface area contributed by atoms with Crippen LogP contribution in [0.15, 0.2) is 457 Å². The lowest BCUT2D eigenvalue weighted by atomic mass is 9.85. The molecule has 1 unspecified atom stereocenters. The fourth-order valence-corrected chi connectivity index (χ4v) is 19.4. The minimum atomic E-state index is 0.0185. The van der Waals surface area contributed by atoms with Crippen molar-refractivity contribution in [1.82, 2.24) is 38.6 Å². The zero-order chi connectivity index (χ0) is 86.6. The smallest absolute Gasteiger partial charge is 0.160 e. The molecular formula is C120H77N9O2. The third-order valence-electron chi connectivity index (χ3n) is 26.0. The zero-order valence-corrected chi connectivity index (χ0v) is 71.1. The van der Waals surface area contributed by atoms with Crippen LogP contribution in [0.4, 0.5) is 5.69 Å². The van der Waals surface area contributed by atoms with Gasteiger partial charge in [-0.15, -0.1) is 0 Å². The predicted molar refractivity (Wildman–Crippen MR) is 537 cm³/mol. The van der Waals surface area contributed by atoms with Gasteiger partial charge < -0.3 is 22.5 Å². The van der Waals surface area contributed by atoms with Crippen LogP contribution in [0, 0.1) is 0 Å². The Hall–Kier alpha value is -17.5. The first-order valence-corrected chi connectivity index (χ1v) is 44.3. The van der Waals surface area contributed by atoms with Gasteiger partial charge in [0.15, 0.2) is 11.6 Å². The van der Waals surface area contributed by atoms with Crippen molar-refractivity contribution in [2.24, 2.45) is 12.0 Å². The molecule has 11 nitrogen and oxygen atoms in total. The molecule has 26 rings (SSSR count). The highest BCUT2D eigenvalue weighted by atomic mass is 16.3. The van der Waals surface area contributed by atoms with E-state index in [0.29, 0.717) is 11.6 Å². The summed E-state index contributed by atoms with van der Waals surface area (Å²) < 4.78 is 19.1. The molecule has 0 aliphatic carbocycles. The zero-order valence-electron chi connectivity index (χ0n) is 71.1. The number of nitrogens with zero attached hydrogens (tertiary/aromatic N) is 9. The molecule has 18 aromatic carbocycles. The van der Waals surface area contributed by atoms with Gasteiger partial charge in [0.05, 0.1) is 73.2 Å². The maximum absolute atomic E-state index is 6.12. The first-order valence-electron chi connectivity index (χ1n) is 44.3. The van der Waals surface area contributed by atoms with E-state index in [1.54, 1.807) is 0 Å². The molecule has 8 heterocycles. The standard InChI is InChI=1S/C60H39N5O.C60H38N4O/c1-64-56-36-45(29-33-51(56)63-60(64)43-11-3-2-4-12-43)39-21-25-42(26-22-39)59-61-52(40-23-19-38(20-24-40)44-30-34-58-50(35-44)49-15-7-10-18-57(49)66-58)37-53(62-59)41-27-31-46(32-28-41)65-54-16-8-5-13-47(54)48-14-6-9-17-55(48)65;1-2-12-42(13-3-1)59-58(49-17-4-8-18-51(49)61-59)41-26-28-43(29-27-41)60-62-52(39-24-22-38(23-25-39)44-32-35-57-50(36-44)48-16-7-11-21-56(48)65-57)37-53(63-60)40-30-33-45(34-31-40)64-54-19-9-5-14-46(54)47-15-6-10-20-55(47)64/h2-37H,1H3;1-37,58H. The number of aliphatic imine (C=N–C) groups is 1. The molecule has 0 amide bonds. The van der Waals surface area contributed by atoms with Crippen LogP contribution in [-0.4, -0.2) is 44.3 Å². The second kappa shape index (κ2) is 31.5. The summed E-state index contributed by atoms with van der Waals surface area (Å²) in [5, 5.41) is 9.43. The summed E-state index contributed by atoms with van der Waals surface area (Å²) in [6.07, 6.45) is 0. The van der Waals surface area contributed by atoms with Crippen LogP contribution in [-0.2, 0) is 7.05 Å². The van der Waals surface area contributed by atoms with Gasteiger partial charge in [-0.3, -0.25) is 4.99 Å². The number of rotatable bonds is 14. The number of imidazole rings is 1. The third kappa shape index (κ3) is 13.5. The van der Waals surface area contributed by atoms with E-state index >= 15 is 0 Å². The van der Waals surface area contributed by atoms with Gasteiger partial charge in [0.25, 0.3) is 0 Å². The van der Waals surface area contributed by atoms with Gasteiger partial charge in [0.2, 0.25) is 0 Å². The van der Waals surface area contributed by atoms with E-state index in [-0.39, 0.29) is 5.92 Å². The van der Waals surface area contributed by atoms with Crippen molar-refractivity contribution in [2.45, 2.75) is 5.92 Å². The second-order valence-electron chi connectivity index (χ2n) is 33.6. The molecule has 1 aliphatic rings. The fraction of sp³-hybridized carbons (Fsp3) is 0.0167. The molecule has 25 aromatic rings. The largest absolute Gasteiger partial charge is 0.456 e. The van der Waals surface area contributed by atoms with Crippen molar-refractivity contribution in [3.8, 4) is 124 Å². The summed E-state index contributed by atoms with van der Waals surface area (Å²) in [5.41, 5.74) is 35.3. The van der Waals surface area contributed by atoms with E-state index in [9.17, 15) is 0 Å². The fourth-order valence-electron chi connectivity index (χ4n) is 19.4. The topological polar surface area (TPSA) is 118 Å². The molecule has 0 saturated heterocycles. The molecular weight excluding hydrogens is 1600 g/mol. The monoisotopic (exact) mass is 1680 g/mol. The van der Waals surface area contributed by atoms with E-state index in [1.165, 1.54) is 54.7 Å². The number of para-hydroxylation sites is 7. The predicted octanol–water partition coefficient (Wildman–Crippen LogP) is 30.8. The van der Waals surface area contributed by atoms with Crippen LogP contribution in [0.2, 0.25) is 0 Å². The van der Waals surface area contributed by atoms with Gasteiger partial charge in [0, 0.05) is 100 Å². The second-order valence-corrected chi connectivity index (χ2v) is 33.6. The van der Waals surface area contributed by atoms with E-state index in [4.69, 9.17) is 38.7 Å². The molecule has 0 radical (unpaired) electrons. The molecule has 0 bridgehead atoms. The maximum atomic E-state index is 6.12. The van der Waals surface area contributed by atoms with Crippen molar-refractivity contribution in [3.63, 3.8) is 0 Å². The molecule has 0 spiro atoms. The molecule has 7 aromatic heterocycles. The van der Waals surface area contributed by atoms with Crippen LogP contribution in [0.5, 0.6) is 0 Å². The Morgan fingerprint density at radius 3 is 1.02 bits per heavy atom. The van der Waals surface area contributed by atoms with E-state index in [0.717, 1.165) is 184 Å². The number of aryl methyl sites for hydroxylation is 1. The van der Waals surface area contributed by atoms with Crippen LogP contribution < -0.4 is 0 Å². The quantitative estimate of drug-likeness (QED) is 0.106. The molecule has 1 aliphatic heterocycles. The number of hydrogen-bond donors (Lipinski definition) is 0. The Bertz CT molecular complexity index is 8700. The normalized spacial score (nSPS) is 12.6. The minimum Gasteiger partial charge on any atom is -0.456 e. The van der Waals surface area contributed by atoms with Crippen molar-refractivity contribution < 1.29 is 8.83 Å². The molecule has 11 heteroatoms. The number of aromatic nitrogens is 8. The lowest BCUT2D eigenvalue weighted by Gasteiger charge is -2.16. The highest BCUT2D eigenvalue weighted by molar-refractivity contribution is 6.13. The van der Waals surface area contributed by atoms with Crippen LogP contribution in [0.25, 0.3) is 222 Å². The summed E-state index contributed by atoms with van der Waals surface area (Å²) in [6, 6.07) is 156. The average Bonchev–Trinajstić information content (AvgIpc) is 1.59. The highest BCUT2D eigenvalue weighted by Crippen LogP contribution is 2.45. The van der Waals surface area contributed by atoms with Gasteiger partial charge in [-0.1, -0.05) is 328 Å². The summed E-state index contributed by atoms with van der Waals surface area (Å²) in [7, 11) is 2.08. The minimum absolute atomic E-state index is 0.0185. The Labute approximate surface area is 753 Å². The SMILES string of the molecule is Cn1c(-c2ccccc2)nc2ccc(-c3ccc(-c4nc(-c5ccc(-c6ccc7oc8ccccc8c7c6)cc5)cc(-c5ccc(-n6c7ccccc7c7ccccc76)cc5)n4)cc3)cc21.c1ccc(C2=Nc3ccccc3C2c2ccc(-c3nc(-c4ccc(-c5ccc6oc7ccccc7c6c5)cc4)cc(-c4ccc(-n5c6ccccc6c6ccccc65)cc4)n3)cc2)cc1. The van der Waals surface area contributed by atoms with Crippen molar-refractivity contribution >= 4 is 110 Å². The summed E-state index contributed by atoms with van der Waals surface area (Å²) in [6.45, 7) is 0. The Balaban J connectivity index is 0.000000141. The van der Waals surface area contributed by atoms with Crippen LogP contribution >= 0.6 is 0 Å². The molecule has 0 fully saturated rings. The van der Waals surface area contributed by atoms with E-state index < -0.39 is 0 Å². The molecule has 0 saturated carbocycles. The van der Waals surface area contributed by atoms with Gasteiger partial charge >= 0.3 is 0 Å². The molecule has 1 atom stereocenters. The number of benzene rings is 18. The van der Waals surface area contributed by atoms with Gasteiger partial charge in [0.1, 0.15) is 28.2 Å². The number of hydrogen-bond acceptors (Lipinski definition) is 8. The summed E-state index contributed by atoms with van der Waals surface area (Å²) >= 11 is 0. The lowest BCUT2D eigenvalue weighted by Crippen LogP contribution is -2.11. The Morgan fingerprint density at radius 2 is 0.565 bits per heavy atom. The number of fused-ring (bicyclic) bond motifs is 14. The van der Waals surface area contributed by atoms with Crippen molar-refractivity contribution in [2.75, 3.05) is 0 Å². The van der Waals surface area contributed by atoms with E-state index in [1.807, 2.05) is 30.3 Å². The lowest BCUT2D eigenvalue weighted by molar-refractivity contribution is 0.668. The van der Waals surface area contributed by atoms with Crippen LogP contribution in [0.3, 0.4) is 0 Å². The first kappa shape index (κ1) is 75.9. The van der Waals surface area contributed by atoms with E-state index in [2.05, 4.69) is 433 Å².